The van der Waals surface area contributed by atoms with E-state index in [9.17, 15) is 0 Å². The largest absolute Gasteiger partial charge is 0.330 e. The minimum atomic E-state index is 0.688. The molecule has 12 heavy (non-hydrogen) atoms. The predicted molar refractivity (Wildman–Crippen MR) is 53.6 cm³/mol. The van der Waals surface area contributed by atoms with Gasteiger partial charge in [0.15, 0.2) is 0 Å². The van der Waals surface area contributed by atoms with E-state index in [0.29, 0.717) is 6.54 Å². The van der Waals surface area contributed by atoms with Crippen molar-refractivity contribution in [1.29, 1.82) is 0 Å². The van der Waals surface area contributed by atoms with Gasteiger partial charge < -0.3 is 5.73 Å². The van der Waals surface area contributed by atoms with Gasteiger partial charge in [-0.15, -0.1) is 0 Å². The van der Waals surface area contributed by atoms with Gasteiger partial charge in [-0.3, -0.25) is 0 Å². The molecule has 2 heteroatoms. The topological polar surface area (TPSA) is 26.0 Å². The lowest BCUT2D eigenvalue weighted by atomic mass is 10.0. The SMILES string of the molecule is CCc1ccc(Cl)cc1CCN. The lowest BCUT2D eigenvalue weighted by Gasteiger charge is -2.06. The van der Waals surface area contributed by atoms with Gasteiger partial charge in [0, 0.05) is 5.02 Å². The van der Waals surface area contributed by atoms with Crippen LogP contribution in [0.3, 0.4) is 0 Å². The van der Waals surface area contributed by atoms with Crippen molar-refractivity contribution >= 4 is 11.6 Å². The Morgan fingerprint density at radius 3 is 2.67 bits per heavy atom. The summed E-state index contributed by atoms with van der Waals surface area (Å²) in [4.78, 5) is 0. The first-order chi connectivity index (χ1) is 5.77. The average Bonchev–Trinajstić information content (AvgIpc) is 2.05. The van der Waals surface area contributed by atoms with Gasteiger partial charge in [0.2, 0.25) is 0 Å². The molecule has 0 fully saturated rings. The van der Waals surface area contributed by atoms with Crippen LogP contribution >= 0.6 is 11.6 Å². The molecular formula is C10H14ClN. The Morgan fingerprint density at radius 2 is 2.08 bits per heavy atom. The number of hydrogen-bond donors (Lipinski definition) is 1. The van der Waals surface area contributed by atoms with E-state index in [1.807, 2.05) is 12.1 Å². The smallest absolute Gasteiger partial charge is 0.0408 e. The highest BCUT2D eigenvalue weighted by Crippen LogP contribution is 2.16. The molecule has 0 saturated heterocycles. The fraction of sp³-hybridized carbons (Fsp3) is 0.400. The molecule has 2 N–H and O–H groups in total. The summed E-state index contributed by atoms with van der Waals surface area (Å²) < 4.78 is 0. The molecule has 1 aromatic carbocycles. The van der Waals surface area contributed by atoms with Crippen LogP contribution in [-0.4, -0.2) is 6.54 Å². The van der Waals surface area contributed by atoms with E-state index in [4.69, 9.17) is 17.3 Å². The highest BCUT2D eigenvalue weighted by Gasteiger charge is 1.99. The molecule has 0 unspecified atom stereocenters. The van der Waals surface area contributed by atoms with Gasteiger partial charge in [-0.25, -0.2) is 0 Å². The molecule has 0 saturated carbocycles. The molecule has 0 spiro atoms. The quantitative estimate of drug-likeness (QED) is 0.766. The second kappa shape index (κ2) is 4.48. The van der Waals surface area contributed by atoms with Crippen molar-refractivity contribution in [3.8, 4) is 0 Å². The van der Waals surface area contributed by atoms with Crippen molar-refractivity contribution in [2.75, 3.05) is 6.54 Å². The maximum Gasteiger partial charge on any atom is 0.0408 e. The summed E-state index contributed by atoms with van der Waals surface area (Å²) in [6.07, 6.45) is 1.97. The molecule has 0 radical (unpaired) electrons. The Hall–Kier alpha value is -0.530. The fourth-order valence-corrected chi connectivity index (χ4v) is 1.52. The third-order valence-electron chi connectivity index (χ3n) is 1.96. The second-order valence-corrected chi connectivity index (χ2v) is 3.24. The first-order valence-corrected chi connectivity index (χ1v) is 4.63. The van der Waals surface area contributed by atoms with Crippen LogP contribution in [0.5, 0.6) is 0 Å². The number of nitrogens with two attached hydrogens (primary N) is 1. The molecule has 1 aromatic rings. The van der Waals surface area contributed by atoms with Crippen LogP contribution in [0, 0.1) is 0 Å². The zero-order chi connectivity index (χ0) is 8.97. The normalized spacial score (nSPS) is 10.2. The Balaban J connectivity index is 2.95. The van der Waals surface area contributed by atoms with Crippen LogP contribution in [0.15, 0.2) is 18.2 Å². The van der Waals surface area contributed by atoms with E-state index in [1.165, 1.54) is 11.1 Å². The fourth-order valence-electron chi connectivity index (χ4n) is 1.33. The van der Waals surface area contributed by atoms with Gasteiger partial charge in [0.05, 0.1) is 0 Å². The van der Waals surface area contributed by atoms with Crippen LogP contribution in [-0.2, 0) is 12.8 Å². The first kappa shape index (κ1) is 9.56. The highest BCUT2D eigenvalue weighted by molar-refractivity contribution is 6.30. The zero-order valence-electron chi connectivity index (χ0n) is 7.31. The zero-order valence-corrected chi connectivity index (χ0v) is 8.06. The van der Waals surface area contributed by atoms with Crippen LogP contribution in [0.25, 0.3) is 0 Å². The first-order valence-electron chi connectivity index (χ1n) is 4.25. The molecule has 0 aliphatic carbocycles. The van der Waals surface area contributed by atoms with Crippen molar-refractivity contribution in [3.63, 3.8) is 0 Å². The van der Waals surface area contributed by atoms with Gasteiger partial charge in [-0.2, -0.15) is 0 Å². The van der Waals surface area contributed by atoms with E-state index in [-0.39, 0.29) is 0 Å². The molecule has 0 atom stereocenters. The number of hydrogen-bond acceptors (Lipinski definition) is 1. The summed E-state index contributed by atoms with van der Waals surface area (Å²) in [5.41, 5.74) is 8.13. The monoisotopic (exact) mass is 183 g/mol. The second-order valence-electron chi connectivity index (χ2n) is 2.81. The summed E-state index contributed by atoms with van der Waals surface area (Å²) >= 11 is 5.87. The van der Waals surface area contributed by atoms with Gasteiger partial charge in [-0.05, 0) is 42.6 Å². The highest BCUT2D eigenvalue weighted by atomic mass is 35.5. The third kappa shape index (κ3) is 2.23. The minimum absolute atomic E-state index is 0.688. The molecule has 0 aromatic heterocycles. The molecule has 0 heterocycles. The Morgan fingerprint density at radius 1 is 1.33 bits per heavy atom. The molecule has 0 aliphatic heterocycles. The molecule has 66 valence electrons. The van der Waals surface area contributed by atoms with E-state index >= 15 is 0 Å². The summed E-state index contributed by atoms with van der Waals surface area (Å²) in [6.45, 7) is 2.83. The standard InChI is InChI=1S/C10H14ClN/c1-2-8-3-4-10(11)7-9(8)5-6-12/h3-4,7H,2,5-6,12H2,1H3. The number of aryl methyl sites for hydroxylation is 1. The Bertz CT molecular complexity index is 258. The number of benzene rings is 1. The van der Waals surface area contributed by atoms with Crippen molar-refractivity contribution in [2.45, 2.75) is 19.8 Å². The molecule has 0 bridgehead atoms. The van der Waals surface area contributed by atoms with Gasteiger partial charge in [0.1, 0.15) is 0 Å². The van der Waals surface area contributed by atoms with E-state index < -0.39 is 0 Å². The van der Waals surface area contributed by atoms with Crippen molar-refractivity contribution in [3.05, 3.63) is 34.3 Å². The maximum atomic E-state index is 5.87. The molecule has 1 rings (SSSR count). The van der Waals surface area contributed by atoms with Crippen molar-refractivity contribution < 1.29 is 0 Å². The summed E-state index contributed by atoms with van der Waals surface area (Å²) in [5, 5.41) is 0.802. The van der Waals surface area contributed by atoms with E-state index in [1.54, 1.807) is 0 Å². The molecule has 0 amide bonds. The van der Waals surface area contributed by atoms with Gasteiger partial charge in [0.25, 0.3) is 0 Å². The number of rotatable bonds is 3. The summed E-state index contributed by atoms with van der Waals surface area (Å²) in [5.74, 6) is 0. The predicted octanol–water partition coefficient (Wildman–Crippen LogP) is 2.40. The average molecular weight is 184 g/mol. The summed E-state index contributed by atoms with van der Waals surface area (Å²) in [6, 6.07) is 6.01. The minimum Gasteiger partial charge on any atom is -0.330 e. The van der Waals surface area contributed by atoms with Crippen molar-refractivity contribution in [1.82, 2.24) is 0 Å². The van der Waals surface area contributed by atoms with Crippen LogP contribution in [0.4, 0.5) is 0 Å². The number of halogens is 1. The Kier molecular flexibility index (Phi) is 3.57. The maximum absolute atomic E-state index is 5.87. The summed E-state index contributed by atoms with van der Waals surface area (Å²) in [7, 11) is 0. The lowest BCUT2D eigenvalue weighted by molar-refractivity contribution is 0.939. The van der Waals surface area contributed by atoms with Crippen molar-refractivity contribution in [2.24, 2.45) is 5.73 Å². The lowest BCUT2D eigenvalue weighted by Crippen LogP contribution is -2.04. The van der Waals surface area contributed by atoms with Crippen LogP contribution in [0.2, 0.25) is 5.02 Å². The molecular weight excluding hydrogens is 170 g/mol. The van der Waals surface area contributed by atoms with E-state index in [2.05, 4.69) is 13.0 Å². The molecule has 0 aliphatic rings. The van der Waals surface area contributed by atoms with Crippen LogP contribution < -0.4 is 5.73 Å². The third-order valence-corrected chi connectivity index (χ3v) is 2.20. The molecule has 1 nitrogen and oxygen atoms in total. The van der Waals surface area contributed by atoms with E-state index in [0.717, 1.165) is 17.9 Å². The van der Waals surface area contributed by atoms with Crippen LogP contribution in [0.1, 0.15) is 18.1 Å². The van der Waals surface area contributed by atoms with Gasteiger partial charge in [-0.1, -0.05) is 24.6 Å². The van der Waals surface area contributed by atoms with Gasteiger partial charge >= 0.3 is 0 Å². The Labute approximate surface area is 78.5 Å².